The van der Waals surface area contributed by atoms with Crippen LogP contribution < -0.4 is 9.47 Å². The Kier molecular flexibility index (Phi) is 4.90. The second kappa shape index (κ2) is 6.68. The van der Waals surface area contributed by atoms with Gasteiger partial charge < -0.3 is 19.5 Å². The number of nitrogens with zero attached hydrogens (tertiary/aromatic N) is 1. The average Bonchev–Trinajstić information content (AvgIpc) is 2.51. The predicted molar refractivity (Wildman–Crippen MR) is 80.2 cm³/mol. The van der Waals surface area contributed by atoms with Crippen LogP contribution in [0.25, 0.3) is 0 Å². The molecule has 0 unspecified atom stereocenters. The summed E-state index contributed by atoms with van der Waals surface area (Å²) in [5.41, 5.74) is 2.15. The number of amides is 1. The molecular weight excluding hydrogens is 286 g/mol. The van der Waals surface area contributed by atoms with E-state index in [-0.39, 0.29) is 24.8 Å². The van der Waals surface area contributed by atoms with Crippen LogP contribution in [0.5, 0.6) is 11.5 Å². The molecule has 1 aromatic carbocycles. The molecule has 1 atom stereocenters. The van der Waals surface area contributed by atoms with Gasteiger partial charge in [-0.25, -0.2) is 0 Å². The molecule has 1 aliphatic heterocycles. The van der Waals surface area contributed by atoms with Crippen LogP contribution in [0.2, 0.25) is 0 Å². The van der Waals surface area contributed by atoms with Gasteiger partial charge in [-0.3, -0.25) is 9.59 Å². The van der Waals surface area contributed by atoms with Crippen molar-refractivity contribution in [3.05, 3.63) is 23.3 Å². The first-order chi connectivity index (χ1) is 10.5. The topological polar surface area (TPSA) is 76.1 Å². The summed E-state index contributed by atoms with van der Waals surface area (Å²) in [6.07, 6.45) is 0.613. The molecule has 0 aromatic heterocycles. The van der Waals surface area contributed by atoms with Gasteiger partial charge in [-0.1, -0.05) is 0 Å². The highest BCUT2D eigenvalue weighted by atomic mass is 16.5. The third-order valence-electron chi connectivity index (χ3n) is 4.06. The van der Waals surface area contributed by atoms with Gasteiger partial charge in [0, 0.05) is 13.0 Å². The van der Waals surface area contributed by atoms with Gasteiger partial charge in [-0.15, -0.1) is 0 Å². The second-order valence-electron chi connectivity index (χ2n) is 5.31. The monoisotopic (exact) mass is 307 g/mol. The van der Waals surface area contributed by atoms with Gasteiger partial charge in [-0.2, -0.15) is 0 Å². The van der Waals surface area contributed by atoms with Crippen molar-refractivity contribution in [1.29, 1.82) is 0 Å². The molecule has 1 N–H and O–H groups in total. The summed E-state index contributed by atoms with van der Waals surface area (Å²) in [5, 5.41) is 8.71. The molecular formula is C16H21NO5. The minimum absolute atomic E-state index is 0.0301. The van der Waals surface area contributed by atoms with E-state index in [1.165, 1.54) is 0 Å². The number of carboxylic acids is 1. The molecule has 6 heteroatoms. The lowest BCUT2D eigenvalue weighted by Crippen LogP contribution is -2.39. The second-order valence-corrected chi connectivity index (χ2v) is 5.31. The van der Waals surface area contributed by atoms with Gasteiger partial charge in [0.1, 0.15) is 0 Å². The van der Waals surface area contributed by atoms with E-state index in [1.807, 2.05) is 19.1 Å². The van der Waals surface area contributed by atoms with Crippen LogP contribution in [-0.2, 0) is 16.0 Å². The highest BCUT2D eigenvalue weighted by molar-refractivity contribution is 5.81. The number of hydrogen-bond acceptors (Lipinski definition) is 4. The Balaban J connectivity index is 2.23. The summed E-state index contributed by atoms with van der Waals surface area (Å²) < 4.78 is 10.6. The van der Waals surface area contributed by atoms with Crippen molar-refractivity contribution >= 4 is 11.9 Å². The molecule has 0 saturated carbocycles. The summed E-state index contributed by atoms with van der Waals surface area (Å²) >= 11 is 0. The zero-order chi connectivity index (χ0) is 16.3. The lowest BCUT2D eigenvalue weighted by molar-refractivity contribution is -0.141. The standard InChI is InChI=1S/C16H21NO5/c1-10-12-9-14(22-3)13(21-2)8-11(12)6-7-17(10)15(18)4-5-16(19)20/h8-10H,4-7H2,1-3H3,(H,19,20)/t10-/m1/s1. The molecule has 6 nitrogen and oxygen atoms in total. The number of carbonyl (C=O) groups excluding carboxylic acids is 1. The van der Waals surface area contributed by atoms with E-state index < -0.39 is 5.97 Å². The number of aliphatic carboxylic acids is 1. The summed E-state index contributed by atoms with van der Waals surface area (Å²) in [6, 6.07) is 3.74. The number of benzene rings is 1. The number of rotatable bonds is 5. The fourth-order valence-electron chi connectivity index (χ4n) is 2.84. The van der Waals surface area contributed by atoms with Crippen LogP contribution in [0.3, 0.4) is 0 Å². The number of hydrogen-bond donors (Lipinski definition) is 1. The average molecular weight is 307 g/mol. The van der Waals surface area contributed by atoms with Crippen LogP contribution in [0, 0.1) is 0 Å². The Morgan fingerprint density at radius 1 is 1.23 bits per heavy atom. The molecule has 120 valence electrons. The molecule has 0 bridgehead atoms. The van der Waals surface area contributed by atoms with Crippen LogP contribution in [0.1, 0.15) is 36.9 Å². The van der Waals surface area contributed by atoms with Crippen LogP contribution in [-0.4, -0.2) is 42.6 Å². The zero-order valence-electron chi connectivity index (χ0n) is 13.1. The van der Waals surface area contributed by atoms with Crippen molar-refractivity contribution in [2.24, 2.45) is 0 Å². The predicted octanol–water partition coefficient (Wildman–Crippen LogP) is 2.01. The zero-order valence-corrected chi connectivity index (χ0v) is 13.1. The van der Waals surface area contributed by atoms with Gasteiger partial charge in [0.15, 0.2) is 11.5 Å². The van der Waals surface area contributed by atoms with Gasteiger partial charge >= 0.3 is 5.97 Å². The molecule has 1 heterocycles. The molecule has 0 aliphatic carbocycles. The third kappa shape index (κ3) is 3.16. The van der Waals surface area contributed by atoms with Crippen LogP contribution in [0.15, 0.2) is 12.1 Å². The maximum atomic E-state index is 12.2. The van der Waals surface area contributed by atoms with Crippen molar-refractivity contribution in [2.45, 2.75) is 32.2 Å². The summed E-state index contributed by atoms with van der Waals surface area (Å²) in [6.45, 7) is 2.53. The maximum absolute atomic E-state index is 12.2. The largest absolute Gasteiger partial charge is 0.493 e. The highest BCUT2D eigenvalue weighted by Crippen LogP contribution is 2.38. The molecule has 0 radical (unpaired) electrons. The minimum Gasteiger partial charge on any atom is -0.493 e. The molecule has 0 fully saturated rings. The molecule has 22 heavy (non-hydrogen) atoms. The Morgan fingerprint density at radius 2 is 1.86 bits per heavy atom. The van der Waals surface area contributed by atoms with E-state index in [9.17, 15) is 9.59 Å². The van der Waals surface area contributed by atoms with Gasteiger partial charge in [0.2, 0.25) is 5.91 Å². The number of ether oxygens (including phenoxy) is 2. The SMILES string of the molecule is COc1cc2c(cc1OC)[C@@H](C)N(C(=O)CCC(=O)O)CC2. The van der Waals surface area contributed by atoms with E-state index in [2.05, 4.69) is 0 Å². The fourth-order valence-corrected chi connectivity index (χ4v) is 2.84. The van der Waals surface area contributed by atoms with E-state index in [0.717, 1.165) is 17.5 Å². The summed E-state index contributed by atoms with van der Waals surface area (Å²) in [7, 11) is 3.17. The molecule has 1 aliphatic rings. The van der Waals surface area contributed by atoms with E-state index in [4.69, 9.17) is 14.6 Å². The summed E-state index contributed by atoms with van der Waals surface area (Å²) in [4.78, 5) is 24.6. The Hall–Kier alpha value is -2.24. The van der Waals surface area contributed by atoms with Crippen LogP contribution in [0.4, 0.5) is 0 Å². The van der Waals surface area contributed by atoms with Crippen molar-refractivity contribution < 1.29 is 24.2 Å². The Bertz CT molecular complexity index is 584. The van der Waals surface area contributed by atoms with Crippen LogP contribution >= 0.6 is 0 Å². The third-order valence-corrected chi connectivity index (χ3v) is 4.06. The number of methoxy groups -OCH3 is 2. The normalized spacial score (nSPS) is 16.9. The smallest absolute Gasteiger partial charge is 0.303 e. The van der Waals surface area contributed by atoms with Gasteiger partial charge in [0.25, 0.3) is 0 Å². The quantitative estimate of drug-likeness (QED) is 0.900. The number of carboxylic acid groups (broad SMARTS) is 1. The van der Waals surface area contributed by atoms with Crippen molar-refractivity contribution in [2.75, 3.05) is 20.8 Å². The molecule has 1 aromatic rings. The fraction of sp³-hybridized carbons (Fsp3) is 0.500. The summed E-state index contributed by atoms with van der Waals surface area (Å²) in [5.74, 6) is 0.229. The maximum Gasteiger partial charge on any atom is 0.303 e. The number of fused-ring (bicyclic) bond motifs is 1. The van der Waals surface area contributed by atoms with E-state index in [0.29, 0.717) is 18.0 Å². The highest BCUT2D eigenvalue weighted by Gasteiger charge is 2.29. The molecule has 0 spiro atoms. The van der Waals surface area contributed by atoms with E-state index >= 15 is 0 Å². The van der Waals surface area contributed by atoms with E-state index in [1.54, 1.807) is 19.1 Å². The van der Waals surface area contributed by atoms with Crippen molar-refractivity contribution in [3.63, 3.8) is 0 Å². The molecule has 0 saturated heterocycles. The van der Waals surface area contributed by atoms with Crippen molar-refractivity contribution in [3.8, 4) is 11.5 Å². The lowest BCUT2D eigenvalue weighted by Gasteiger charge is -2.35. The minimum atomic E-state index is -0.954. The molecule has 1 amide bonds. The van der Waals surface area contributed by atoms with Gasteiger partial charge in [-0.05, 0) is 36.6 Å². The van der Waals surface area contributed by atoms with Gasteiger partial charge in [0.05, 0.1) is 26.7 Å². The van der Waals surface area contributed by atoms with Crippen molar-refractivity contribution in [1.82, 2.24) is 4.90 Å². The molecule has 2 rings (SSSR count). The Morgan fingerprint density at radius 3 is 2.45 bits per heavy atom. The lowest BCUT2D eigenvalue weighted by atomic mass is 9.92. The first kappa shape index (κ1) is 16.1. The number of carbonyl (C=O) groups is 2. The Labute approximate surface area is 129 Å². The first-order valence-electron chi connectivity index (χ1n) is 7.24. The first-order valence-corrected chi connectivity index (χ1v) is 7.24.